The number of ketones is 1. The largest absolute Gasteiger partial charge is 0.481 e. The van der Waals surface area contributed by atoms with Crippen molar-refractivity contribution in [1.82, 2.24) is 10.3 Å². The number of hydrogen-bond donors (Lipinski definition) is 1. The number of fused-ring (bicyclic) bond motifs is 2. The van der Waals surface area contributed by atoms with E-state index in [0.29, 0.717) is 28.3 Å². The van der Waals surface area contributed by atoms with Gasteiger partial charge in [-0.25, -0.2) is 4.98 Å². The lowest BCUT2D eigenvalue weighted by Crippen LogP contribution is -2.39. The second-order valence-corrected chi connectivity index (χ2v) is 9.94. The molecule has 0 radical (unpaired) electrons. The maximum absolute atomic E-state index is 13.3. The van der Waals surface area contributed by atoms with Gasteiger partial charge in [-0.05, 0) is 80.3 Å². The van der Waals surface area contributed by atoms with Crippen molar-refractivity contribution in [2.45, 2.75) is 19.4 Å². The van der Waals surface area contributed by atoms with Gasteiger partial charge in [0.2, 0.25) is 0 Å². The second-order valence-electron chi connectivity index (χ2n) is 8.17. The Morgan fingerprint density at radius 1 is 1.14 bits per heavy atom. The minimum atomic E-state index is -0.557. The first-order valence-electron chi connectivity index (χ1n) is 11.1. The van der Waals surface area contributed by atoms with Crippen LogP contribution in [0.15, 0.2) is 93.3 Å². The second kappa shape index (κ2) is 9.79. The van der Waals surface area contributed by atoms with Crippen LogP contribution in [0, 0.1) is 0 Å². The Balaban J connectivity index is 1.47. The molecule has 1 aromatic heterocycles. The lowest BCUT2D eigenvalue weighted by atomic mass is 9.93. The molecule has 1 atom stereocenters. The summed E-state index contributed by atoms with van der Waals surface area (Å²) in [7, 11) is 0. The molecule has 2 aliphatic rings. The predicted molar refractivity (Wildman–Crippen MR) is 142 cm³/mol. The molecule has 1 unspecified atom stereocenters. The standard InChI is InChI=1S/C27H21Br2N3O3/c1-2-16-7-9-17(10-8-16)27(34)31-14-19-12-24-21(25(33)20-5-3-4-6-23(20)35-24)15-32(19)26-22(29)11-18(28)13-30-26/h3-13,15,24H,2,14H2,1H3,(H,31,34). The number of rotatable bonds is 5. The summed E-state index contributed by atoms with van der Waals surface area (Å²) in [6, 6.07) is 16.7. The Morgan fingerprint density at radius 2 is 1.91 bits per heavy atom. The topological polar surface area (TPSA) is 71.5 Å². The molecule has 176 valence electrons. The maximum Gasteiger partial charge on any atom is 0.251 e. The van der Waals surface area contributed by atoms with Crippen molar-refractivity contribution in [2.75, 3.05) is 11.4 Å². The maximum atomic E-state index is 13.3. The smallest absolute Gasteiger partial charge is 0.251 e. The predicted octanol–water partition coefficient (Wildman–Crippen LogP) is 5.83. The first kappa shape index (κ1) is 23.5. The van der Waals surface area contributed by atoms with E-state index in [9.17, 15) is 9.59 Å². The molecule has 5 rings (SSSR count). The summed E-state index contributed by atoms with van der Waals surface area (Å²) in [5.74, 6) is 0.868. The number of hydrogen-bond acceptors (Lipinski definition) is 5. The van der Waals surface area contributed by atoms with Crippen molar-refractivity contribution in [1.29, 1.82) is 0 Å². The Hall–Kier alpha value is -3.23. The lowest BCUT2D eigenvalue weighted by Gasteiger charge is -2.34. The number of halogens is 2. The Bertz CT molecular complexity index is 1380. The molecule has 0 saturated carbocycles. The number of pyridine rings is 1. The highest BCUT2D eigenvalue weighted by atomic mass is 79.9. The third-order valence-electron chi connectivity index (χ3n) is 5.95. The number of aryl methyl sites for hydroxylation is 1. The van der Waals surface area contributed by atoms with E-state index < -0.39 is 6.10 Å². The average molecular weight is 595 g/mol. The highest BCUT2D eigenvalue weighted by Gasteiger charge is 2.35. The van der Waals surface area contributed by atoms with Gasteiger partial charge in [-0.2, -0.15) is 0 Å². The summed E-state index contributed by atoms with van der Waals surface area (Å²) >= 11 is 7.01. The number of carbonyl (C=O) groups is 2. The number of nitrogens with zero attached hydrogens (tertiary/aromatic N) is 2. The molecular formula is C27H21Br2N3O3. The number of aromatic nitrogens is 1. The van der Waals surface area contributed by atoms with Crippen LogP contribution in [-0.4, -0.2) is 29.3 Å². The van der Waals surface area contributed by atoms with Crippen LogP contribution in [-0.2, 0) is 6.42 Å². The molecular weight excluding hydrogens is 574 g/mol. The van der Waals surface area contributed by atoms with Crippen LogP contribution in [0.4, 0.5) is 5.82 Å². The van der Waals surface area contributed by atoms with E-state index in [2.05, 4.69) is 49.1 Å². The van der Waals surface area contributed by atoms with Gasteiger partial charge < -0.3 is 15.0 Å². The van der Waals surface area contributed by atoms with E-state index in [1.165, 1.54) is 5.56 Å². The molecule has 6 nitrogen and oxygen atoms in total. The fourth-order valence-electron chi connectivity index (χ4n) is 4.07. The van der Waals surface area contributed by atoms with E-state index in [4.69, 9.17) is 4.74 Å². The molecule has 0 fully saturated rings. The van der Waals surface area contributed by atoms with Crippen LogP contribution >= 0.6 is 31.9 Å². The number of nitrogens with one attached hydrogen (secondary N) is 1. The molecule has 2 aromatic carbocycles. The van der Waals surface area contributed by atoms with Crippen LogP contribution in [0.5, 0.6) is 5.75 Å². The first-order valence-corrected chi connectivity index (χ1v) is 12.7. The molecule has 3 heterocycles. The monoisotopic (exact) mass is 593 g/mol. The quantitative estimate of drug-likeness (QED) is 0.402. The van der Waals surface area contributed by atoms with Gasteiger partial charge in [0.15, 0.2) is 11.6 Å². The van der Waals surface area contributed by atoms with Crippen LogP contribution < -0.4 is 15.0 Å². The minimum absolute atomic E-state index is 0.0922. The summed E-state index contributed by atoms with van der Waals surface area (Å²) in [6.45, 7) is 2.30. The molecule has 2 aliphatic heterocycles. The molecule has 0 spiro atoms. The third-order valence-corrected chi connectivity index (χ3v) is 6.96. The van der Waals surface area contributed by atoms with Crippen LogP contribution in [0.25, 0.3) is 0 Å². The highest BCUT2D eigenvalue weighted by molar-refractivity contribution is 9.11. The van der Waals surface area contributed by atoms with Crippen LogP contribution in [0.2, 0.25) is 0 Å². The molecule has 1 N–H and O–H groups in total. The molecule has 0 aliphatic carbocycles. The van der Waals surface area contributed by atoms with Gasteiger partial charge >= 0.3 is 0 Å². The SMILES string of the molecule is CCc1ccc(C(=O)NCC2=CC3Oc4ccccc4C(=O)C3=CN2c2ncc(Br)cc2Br)cc1. The number of benzene rings is 2. The van der Waals surface area contributed by atoms with E-state index in [0.717, 1.165) is 21.1 Å². The van der Waals surface area contributed by atoms with Gasteiger partial charge in [0.05, 0.1) is 22.2 Å². The van der Waals surface area contributed by atoms with Crippen molar-refractivity contribution in [2.24, 2.45) is 0 Å². The molecule has 35 heavy (non-hydrogen) atoms. The van der Waals surface area contributed by atoms with Crippen molar-refractivity contribution in [3.05, 3.63) is 110 Å². The van der Waals surface area contributed by atoms with Gasteiger partial charge in [0, 0.05) is 28.1 Å². The molecule has 0 saturated heterocycles. The van der Waals surface area contributed by atoms with Gasteiger partial charge in [-0.15, -0.1) is 0 Å². The average Bonchev–Trinajstić information content (AvgIpc) is 2.87. The summed E-state index contributed by atoms with van der Waals surface area (Å²) < 4.78 is 7.69. The number of Topliss-reactive ketones (excluding diaryl/α,β-unsaturated/α-hetero) is 1. The zero-order valence-corrected chi connectivity index (χ0v) is 22.0. The van der Waals surface area contributed by atoms with Gasteiger partial charge in [-0.1, -0.05) is 31.2 Å². The highest BCUT2D eigenvalue weighted by Crippen LogP contribution is 2.37. The fraction of sp³-hybridized carbons (Fsp3) is 0.148. The normalized spacial score (nSPS) is 16.5. The van der Waals surface area contributed by atoms with Crippen molar-refractivity contribution in [3.63, 3.8) is 0 Å². The zero-order chi connectivity index (χ0) is 24.5. The number of anilines is 1. The van der Waals surface area contributed by atoms with Crippen LogP contribution in [0.1, 0.15) is 33.2 Å². The van der Waals surface area contributed by atoms with E-state index in [1.807, 2.05) is 53.4 Å². The Kier molecular flexibility index (Phi) is 6.58. The zero-order valence-electron chi connectivity index (χ0n) is 18.8. The Labute approximate surface area is 220 Å². The van der Waals surface area contributed by atoms with E-state index in [-0.39, 0.29) is 18.2 Å². The molecule has 8 heteroatoms. The van der Waals surface area contributed by atoms with Crippen molar-refractivity contribution < 1.29 is 14.3 Å². The fourth-order valence-corrected chi connectivity index (χ4v) is 5.24. The minimum Gasteiger partial charge on any atom is -0.481 e. The number of ether oxygens (including phenoxy) is 1. The number of amides is 1. The number of para-hydroxylation sites is 1. The van der Waals surface area contributed by atoms with Gasteiger partial charge in [0.1, 0.15) is 11.9 Å². The molecule has 3 aromatic rings. The van der Waals surface area contributed by atoms with Gasteiger partial charge in [0.25, 0.3) is 5.91 Å². The first-order chi connectivity index (χ1) is 16.9. The van der Waals surface area contributed by atoms with Crippen LogP contribution in [0.3, 0.4) is 0 Å². The molecule has 1 amide bonds. The van der Waals surface area contributed by atoms with E-state index in [1.54, 1.807) is 24.5 Å². The van der Waals surface area contributed by atoms with E-state index >= 15 is 0 Å². The lowest BCUT2D eigenvalue weighted by molar-refractivity contribution is 0.0950. The van der Waals surface area contributed by atoms with Crippen molar-refractivity contribution >= 4 is 49.4 Å². The number of carbonyl (C=O) groups excluding carboxylic acids is 2. The summed E-state index contributed by atoms with van der Waals surface area (Å²) in [5, 5.41) is 2.99. The summed E-state index contributed by atoms with van der Waals surface area (Å²) in [5.41, 5.74) is 3.53. The van der Waals surface area contributed by atoms with Gasteiger partial charge in [-0.3, -0.25) is 9.59 Å². The Morgan fingerprint density at radius 3 is 2.66 bits per heavy atom. The summed E-state index contributed by atoms with van der Waals surface area (Å²) in [6.07, 6.45) is 5.65. The third kappa shape index (κ3) is 4.68. The van der Waals surface area contributed by atoms with Crippen molar-refractivity contribution in [3.8, 4) is 5.75 Å². The summed E-state index contributed by atoms with van der Waals surface area (Å²) in [4.78, 5) is 32.5. The molecule has 0 bridgehead atoms.